The first-order chi connectivity index (χ1) is 6.22. The third kappa shape index (κ3) is 3.67. The third-order valence-corrected chi connectivity index (χ3v) is 2.19. The van der Waals surface area contributed by atoms with Crippen molar-refractivity contribution in [2.24, 2.45) is 0 Å². The molecule has 72 valence electrons. The quantitative estimate of drug-likeness (QED) is 0.685. The minimum atomic E-state index is -2.01. The first-order valence-electron chi connectivity index (χ1n) is 3.85. The Labute approximate surface area is 80.0 Å². The highest BCUT2D eigenvalue weighted by Crippen LogP contribution is 2.06. The van der Waals surface area contributed by atoms with Crippen LogP contribution in [0.5, 0.6) is 0 Å². The molecule has 1 rings (SSSR count). The molecule has 1 unspecified atom stereocenters. The van der Waals surface area contributed by atoms with Crippen LogP contribution in [0.1, 0.15) is 11.1 Å². The summed E-state index contributed by atoms with van der Waals surface area (Å²) in [5.74, 6) is 0.0766. The Morgan fingerprint density at radius 1 is 1.31 bits per heavy atom. The van der Waals surface area contributed by atoms with Crippen molar-refractivity contribution < 1.29 is 13.5 Å². The largest absolute Gasteiger partial charge is 0.772 e. The Morgan fingerprint density at radius 2 is 1.85 bits per heavy atom. The van der Waals surface area contributed by atoms with Crippen LogP contribution in [0.25, 0.3) is 0 Å². The summed E-state index contributed by atoms with van der Waals surface area (Å²) in [5.41, 5.74) is 1.84. The van der Waals surface area contributed by atoms with Crippen molar-refractivity contribution in [2.45, 2.75) is 12.4 Å². The van der Waals surface area contributed by atoms with Gasteiger partial charge in [-0.2, -0.15) is 0 Å². The molecule has 0 N–H and O–H groups in total. The molecule has 0 aromatic heterocycles. The molecule has 0 spiro atoms. The maximum atomic E-state index is 10.4. The molecule has 0 fully saturated rings. The first kappa shape index (κ1) is 10.4. The lowest BCUT2D eigenvalue weighted by Crippen LogP contribution is -1.94. The Bertz CT molecular complexity index is 281. The number of hydrogen-bond donors (Lipinski definition) is 0. The zero-order chi connectivity index (χ0) is 9.68. The summed E-state index contributed by atoms with van der Waals surface area (Å²) in [6.45, 7) is 0.556. The van der Waals surface area contributed by atoms with Crippen molar-refractivity contribution in [3.63, 3.8) is 0 Å². The van der Waals surface area contributed by atoms with E-state index in [2.05, 4.69) is 0 Å². The molecular formula is C9H11O3S-. The van der Waals surface area contributed by atoms with Crippen molar-refractivity contribution >= 4 is 11.1 Å². The highest BCUT2D eigenvalue weighted by atomic mass is 32.2. The van der Waals surface area contributed by atoms with Crippen LogP contribution in [0.2, 0.25) is 0 Å². The van der Waals surface area contributed by atoms with Crippen LogP contribution in [0, 0.1) is 0 Å². The van der Waals surface area contributed by atoms with Crippen LogP contribution in [0.4, 0.5) is 0 Å². The minimum Gasteiger partial charge on any atom is -0.772 e. The molecule has 1 aromatic rings. The molecule has 1 aromatic carbocycles. The van der Waals surface area contributed by atoms with E-state index in [4.69, 9.17) is 4.74 Å². The van der Waals surface area contributed by atoms with E-state index >= 15 is 0 Å². The molecule has 0 aliphatic rings. The maximum absolute atomic E-state index is 10.4. The van der Waals surface area contributed by atoms with Crippen molar-refractivity contribution in [1.29, 1.82) is 0 Å². The van der Waals surface area contributed by atoms with E-state index in [0.29, 0.717) is 6.61 Å². The van der Waals surface area contributed by atoms with Gasteiger partial charge in [-0.25, -0.2) is 0 Å². The van der Waals surface area contributed by atoms with Gasteiger partial charge in [-0.1, -0.05) is 35.3 Å². The molecule has 0 radical (unpaired) electrons. The van der Waals surface area contributed by atoms with Gasteiger partial charge in [0, 0.05) is 12.9 Å². The molecule has 0 aliphatic carbocycles. The van der Waals surface area contributed by atoms with E-state index in [1.807, 2.05) is 12.1 Å². The normalized spacial score (nSPS) is 12.8. The SMILES string of the molecule is COCc1ccc(CS(=O)[O-])cc1. The maximum Gasteiger partial charge on any atom is 0.0713 e. The molecule has 0 aliphatic heterocycles. The monoisotopic (exact) mass is 199 g/mol. The second kappa shape index (κ2) is 5.11. The van der Waals surface area contributed by atoms with Crippen molar-refractivity contribution in [2.75, 3.05) is 7.11 Å². The van der Waals surface area contributed by atoms with Gasteiger partial charge in [0.05, 0.1) is 6.61 Å². The fourth-order valence-corrected chi connectivity index (χ4v) is 1.50. The summed E-state index contributed by atoms with van der Waals surface area (Å²) in [4.78, 5) is 0. The van der Waals surface area contributed by atoms with Crippen LogP contribution in [0.3, 0.4) is 0 Å². The van der Waals surface area contributed by atoms with E-state index in [9.17, 15) is 8.76 Å². The van der Waals surface area contributed by atoms with Crippen LogP contribution in [-0.4, -0.2) is 15.9 Å². The summed E-state index contributed by atoms with van der Waals surface area (Å²) in [7, 11) is 1.63. The van der Waals surface area contributed by atoms with Crippen LogP contribution in [-0.2, 0) is 28.2 Å². The molecular weight excluding hydrogens is 188 g/mol. The Balaban J connectivity index is 2.64. The number of methoxy groups -OCH3 is 1. The predicted molar refractivity (Wildman–Crippen MR) is 49.8 cm³/mol. The molecule has 1 atom stereocenters. The van der Waals surface area contributed by atoms with Gasteiger partial charge in [0.1, 0.15) is 0 Å². The number of benzene rings is 1. The van der Waals surface area contributed by atoms with Crippen LogP contribution in [0.15, 0.2) is 24.3 Å². The fourth-order valence-electron chi connectivity index (χ4n) is 1.03. The highest BCUT2D eigenvalue weighted by Gasteiger charge is 1.94. The number of hydrogen-bond acceptors (Lipinski definition) is 3. The second-order valence-electron chi connectivity index (χ2n) is 2.70. The van der Waals surface area contributed by atoms with Gasteiger partial charge in [0.15, 0.2) is 0 Å². The average molecular weight is 199 g/mol. The van der Waals surface area contributed by atoms with Gasteiger partial charge in [-0.3, -0.25) is 4.21 Å². The van der Waals surface area contributed by atoms with Gasteiger partial charge >= 0.3 is 0 Å². The lowest BCUT2D eigenvalue weighted by molar-refractivity contribution is 0.185. The predicted octanol–water partition coefficient (Wildman–Crippen LogP) is 1.21. The van der Waals surface area contributed by atoms with Gasteiger partial charge in [-0.05, 0) is 11.1 Å². The van der Waals surface area contributed by atoms with E-state index in [1.165, 1.54) is 0 Å². The fraction of sp³-hybridized carbons (Fsp3) is 0.333. The van der Waals surface area contributed by atoms with Crippen molar-refractivity contribution in [3.8, 4) is 0 Å². The van der Waals surface area contributed by atoms with Gasteiger partial charge in [0.25, 0.3) is 0 Å². The summed E-state index contributed by atoms with van der Waals surface area (Å²) in [6, 6.07) is 7.33. The van der Waals surface area contributed by atoms with E-state index < -0.39 is 11.1 Å². The lowest BCUT2D eigenvalue weighted by Gasteiger charge is -2.05. The molecule has 0 amide bonds. The summed E-state index contributed by atoms with van der Waals surface area (Å²) in [6.07, 6.45) is 0. The number of rotatable bonds is 4. The number of ether oxygens (including phenoxy) is 1. The minimum absolute atomic E-state index is 0.0766. The molecule has 3 nitrogen and oxygen atoms in total. The van der Waals surface area contributed by atoms with Gasteiger partial charge in [-0.15, -0.1) is 0 Å². The topological polar surface area (TPSA) is 49.4 Å². The Morgan fingerprint density at radius 3 is 2.31 bits per heavy atom. The lowest BCUT2D eigenvalue weighted by atomic mass is 10.2. The molecule has 13 heavy (non-hydrogen) atoms. The first-order valence-corrected chi connectivity index (χ1v) is 5.09. The summed E-state index contributed by atoms with van der Waals surface area (Å²) < 4.78 is 25.6. The van der Waals surface area contributed by atoms with Crippen molar-refractivity contribution in [1.82, 2.24) is 0 Å². The van der Waals surface area contributed by atoms with Crippen LogP contribution >= 0.6 is 0 Å². The van der Waals surface area contributed by atoms with E-state index in [-0.39, 0.29) is 5.75 Å². The molecule has 0 heterocycles. The van der Waals surface area contributed by atoms with Crippen LogP contribution < -0.4 is 0 Å². The average Bonchev–Trinajstić information content (AvgIpc) is 2.08. The third-order valence-electron chi connectivity index (χ3n) is 1.62. The summed E-state index contributed by atoms with van der Waals surface area (Å²) >= 11 is -2.01. The van der Waals surface area contributed by atoms with E-state index in [1.54, 1.807) is 19.2 Å². The highest BCUT2D eigenvalue weighted by molar-refractivity contribution is 7.78. The molecule has 0 saturated carbocycles. The Kier molecular flexibility index (Phi) is 4.08. The molecule has 4 heteroatoms. The molecule has 0 bridgehead atoms. The zero-order valence-electron chi connectivity index (χ0n) is 7.36. The van der Waals surface area contributed by atoms with Crippen molar-refractivity contribution in [3.05, 3.63) is 35.4 Å². The van der Waals surface area contributed by atoms with Gasteiger partial charge < -0.3 is 9.29 Å². The summed E-state index contributed by atoms with van der Waals surface area (Å²) in [5, 5.41) is 0. The zero-order valence-corrected chi connectivity index (χ0v) is 8.17. The Hall–Kier alpha value is -0.710. The van der Waals surface area contributed by atoms with E-state index in [0.717, 1.165) is 11.1 Å². The molecule has 0 saturated heterocycles. The smallest absolute Gasteiger partial charge is 0.0713 e. The van der Waals surface area contributed by atoms with Gasteiger partial charge in [0.2, 0.25) is 0 Å². The standard InChI is InChI=1S/C9H12O3S/c1-12-6-8-2-4-9(5-3-8)7-13(10)11/h2-5H,6-7H2,1H3,(H,10,11)/p-1. The second-order valence-corrected chi connectivity index (χ2v) is 3.59.